The van der Waals surface area contributed by atoms with E-state index in [0.717, 1.165) is 12.8 Å². The first-order chi connectivity index (χ1) is 11.6. The number of likely N-dealkylation sites (tertiary alicyclic amines) is 1. The summed E-state index contributed by atoms with van der Waals surface area (Å²) >= 11 is 0. The zero-order chi connectivity index (χ0) is 17.1. The van der Waals surface area contributed by atoms with Gasteiger partial charge in [0, 0.05) is 25.0 Å². The quantitative estimate of drug-likeness (QED) is 0.921. The third kappa shape index (κ3) is 3.68. The van der Waals surface area contributed by atoms with Crippen molar-refractivity contribution in [3.8, 4) is 0 Å². The molecule has 1 saturated heterocycles. The number of benzene rings is 1. The molecule has 0 spiro atoms. The van der Waals surface area contributed by atoms with E-state index < -0.39 is 0 Å². The number of piperidine rings is 1. The molecule has 1 aliphatic carbocycles. The van der Waals surface area contributed by atoms with Crippen molar-refractivity contribution in [3.05, 3.63) is 35.6 Å². The van der Waals surface area contributed by atoms with Crippen LogP contribution in [0.4, 0.5) is 9.18 Å². The minimum Gasteiger partial charge on any atom is -0.450 e. The molecule has 2 fully saturated rings. The predicted octanol–water partition coefficient (Wildman–Crippen LogP) is 2.67. The summed E-state index contributed by atoms with van der Waals surface area (Å²) in [5.74, 6) is -0.380. The van der Waals surface area contributed by atoms with E-state index in [0.29, 0.717) is 31.7 Å². The van der Waals surface area contributed by atoms with Gasteiger partial charge in [-0.25, -0.2) is 9.18 Å². The second-order valence-electron chi connectivity index (χ2n) is 6.44. The molecular weight excluding hydrogens is 311 g/mol. The monoisotopic (exact) mass is 334 g/mol. The van der Waals surface area contributed by atoms with Crippen LogP contribution in [0.3, 0.4) is 0 Å². The van der Waals surface area contributed by atoms with Gasteiger partial charge in [-0.2, -0.15) is 0 Å². The van der Waals surface area contributed by atoms with E-state index in [1.807, 2.05) is 0 Å². The summed E-state index contributed by atoms with van der Waals surface area (Å²) in [7, 11) is 0. The fourth-order valence-corrected chi connectivity index (χ4v) is 3.33. The van der Waals surface area contributed by atoms with Gasteiger partial charge in [-0.1, -0.05) is 18.2 Å². The topological polar surface area (TPSA) is 58.6 Å². The summed E-state index contributed by atoms with van der Waals surface area (Å²) < 4.78 is 18.8. The van der Waals surface area contributed by atoms with Crippen molar-refractivity contribution in [3.63, 3.8) is 0 Å². The van der Waals surface area contributed by atoms with Crippen LogP contribution in [0, 0.1) is 11.7 Å². The Morgan fingerprint density at radius 1 is 1.29 bits per heavy atom. The highest BCUT2D eigenvalue weighted by atomic mass is 19.1. The molecule has 6 heteroatoms. The summed E-state index contributed by atoms with van der Waals surface area (Å²) in [6.07, 6.45) is 1.86. The first-order valence-corrected chi connectivity index (χ1v) is 8.56. The zero-order valence-corrected chi connectivity index (χ0v) is 13.8. The SMILES string of the molecule is CCOC(=O)N1CCC(NC(=O)C2CC2c2ccccc2F)CC1. The molecule has 130 valence electrons. The van der Waals surface area contributed by atoms with Crippen LogP contribution in [0.1, 0.15) is 37.7 Å². The Morgan fingerprint density at radius 2 is 2.00 bits per heavy atom. The van der Waals surface area contributed by atoms with Gasteiger partial charge in [0.1, 0.15) is 5.82 Å². The Labute approximate surface area is 141 Å². The molecule has 2 atom stereocenters. The highest BCUT2D eigenvalue weighted by Crippen LogP contribution is 2.48. The van der Waals surface area contributed by atoms with Crippen LogP contribution in [0.2, 0.25) is 0 Å². The summed E-state index contributed by atoms with van der Waals surface area (Å²) in [4.78, 5) is 25.7. The molecule has 1 saturated carbocycles. The lowest BCUT2D eigenvalue weighted by molar-refractivity contribution is -0.123. The van der Waals surface area contributed by atoms with Crippen molar-refractivity contribution in [2.75, 3.05) is 19.7 Å². The maximum Gasteiger partial charge on any atom is 0.409 e. The van der Waals surface area contributed by atoms with Gasteiger partial charge in [0.05, 0.1) is 6.61 Å². The molecule has 1 aliphatic heterocycles. The zero-order valence-electron chi connectivity index (χ0n) is 13.8. The normalized spacial score (nSPS) is 23.7. The minimum absolute atomic E-state index is 0.00200. The Bertz CT molecular complexity index is 614. The third-order valence-corrected chi connectivity index (χ3v) is 4.80. The van der Waals surface area contributed by atoms with E-state index in [-0.39, 0.29) is 35.7 Å². The van der Waals surface area contributed by atoms with Crippen LogP contribution in [-0.2, 0) is 9.53 Å². The highest BCUT2D eigenvalue weighted by Gasteiger charge is 2.45. The number of hydrogen-bond donors (Lipinski definition) is 1. The third-order valence-electron chi connectivity index (χ3n) is 4.80. The smallest absolute Gasteiger partial charge is 0.409 e. The molecule has 0 radical (unpaired) electrons. The lowest BCUT2D eigenvalue weighted by Gasteiger charge is -2.31. The highest BCUT2D eigenvalue weighted by molar-refractivity contribution is 5.83. The molecule has 2 amide bonds. The molecule has 0 aromatic heterocycles. The number of halogens is 1. The number of amides is 2. The van der Waals surface area contributed by atoms with Gasteiger partial charge in [0.25, 0.3) is 0 Å². The standard InChI is InChI=1S/C18H23FN2O3/c1-2-24-18(23)21-9-7-12(8-10-21)20-17(22)15-11-14(15)13-5-3-4-6-16(13)19/h3-6,12,14-15H,2,7-11H2,1H3,(H,20,22). The van der Waals surface area contributed by atoms with Crippen LogP contribution in [-0.4, -0.2) is 42.6 Å². The Kier molecular flexibility index (Phi) is 5.02. The second-order valence-corrected chi connectivity index (χ2v) is 6.44. The number of nitrogens with one attached hydrogen (secondary N) is 1. The predicted molar refractivity (Wildman–Crippen MR) is 87.0 cm³/mol. The lowest BCUT2D eigenvalue weighted by Crippen LogP contribution is -2.47. The fraction of sp³-hybridized carbons (Fsp3) is 0.556. The summed E-state index contributed by atoms with van der Waals surface area (Å²) in [6, 6.07) is 6.73. The van der Waals surface area contributed by atoms with Crippen molar-refractivity contribution < 1.29 is 18.7 Å². The largest absolute Gasteiger partial charge is 0.450 e. The fourth-order valence-electron chi connectivity index (χ4n) is 3.33. The van der Waals surface area contributed by atoms with Gasteiger partial charge >= 0.3 is 6.09 Å². The van der Waals surface area contributed by atoms with Crippen LogP contribution < -0.4 is 5.32 Å². The van der Waals surface area contributed by atoms with Crippen molar-refractivity contribution in [1.82, 2.24) is 10.2 Å². The van der Waals surface area contributed by atoms with Crippen LogP contribution >= 0.6 is 0 Å². The molecule has 3 rings (SSSR count). The molecule has 2 unspecified atom stereocenters. The van der Waals surface area contributed by atoms with Gasteiger partial charge in [0.2, 0.25) is 5.91 Å². The Balaban J connectivity index is 1.46. The van der Waals surface area contributed by atoms with Crippen molar-refractivity contribution in [2.24, 2.45) is 5.92 Å². The molecule has 0 bridgehead atoms. The van der Waals surface area contributed by atoms with E-state index in [1.54, 1.807) is 30.0 Å². The van der Waals surface area contributed by atoms with Gasteiger partial charge in [-0.05, 0) is 43.7 Å². The maximum absolute atomic E-state index is 13.8. The number of hydrogen-bond acceptors (Lipinski definition) is 3. The Morgan fingerprint density at radius 3 is 2.67 bits per heavy atom. The average molecular weight is 334 g/mol. The first kappa shape index (κ1) is 16.7. The van der Waals surface area contributed by atoms with Crippen LogP contribution in [0.5, 0.6) is 0 Å². The van der Waals surface area contributed by atoms with Gasteiger partial charge < -0.3 is 15.0 Å². The summed E-state index contributed by atoms with van der Waals surface area (Å²) in [5, 5.41) is 3.05. The van der Waals surface area contributed by atoms with E-state index in [1.165, 1.54) is 6.07 Å². The molecule has 2 aliphatic rings. The van der Waals surface area contributed by atoms with Crippen molar-refractivity contribution >= 4 is 12.0 Å². The second kappa shape index (κ2) is 7.20. The molecule has 1 aromatic rings. The van der Waals surface area contributed by atoms with E-state index in [9.17, 15) is 14.0 Å². The Hall–Kier alpha value is -2.11. The van der Waals surface area contributed by atoms with Crippen LogP contribution in [0.25, 0.3) is 0 Å². The first-order valence-electron chi connectivity index (χ1n) is 8.56. The van der Waals surface area contributed by atoms with Gasteiger partial charge in [-0.15, -0.1) is 0 Å². The molecule has 1 heterocycles. The minimum atomic E-state index is -0.288. The summed E-state index contributed by atoms with van der Waals surface area (Å²) in [5.41, 5.74) is 0.634. The molecule has 1 aromatic carbocycles. The molecule has 24 heavy (non-hydrogen) atoms. The van der Waals surface area contributed by atoms with Crippen molar-refractivity contribution in [2.45, 2.75) is 38.1 Å². The van der Waals surface area contributed by atoms with E-state index >= 15 is 0 Å². The molecule has 1 N–H and O–H groups in total. The number of carbonyl (C=O) groups excluding carboxylic acids is 2. The van der Waals surface area contributed by atoms with E-state index in [2.05, 4.69) is 5.32 Å². The maximum atomic E-state index is 13.8. The number of rotatable bonds is 4. The number of ether oxygens (including phenoxy) is 1. The van der Waals surface area contributed by atoms with Crippen LogP contribution in [0.15, 0.2) is 24.3 Å². The van der Waals surface area contributed by atoms with Crippen molar-refractivity contribution in [1.29, 1.82) is 0 Å². The molecular formula is C18H23FN2O3. The van der Waals surface area contributed by atoms with Gasteiger partial charge in [-0.3, -0.25) is 4.79 Å². The summed E-state index contributed by atoms with van der Waals surface area (Å²) in [6.45, 7) is 3.33. The average Bonchev–Trinajstić information content (AvgIpc) is 3.37. The lowest BCUT2D eigenvalue weighted by atomic mass is 10.0. The number of carbonyl (C=O) groups is 2. The molecule has 5 nitrogen and oxygen atoms in total. The van der Waals surface area contributed by atoms with Gasteiger partial charge in [0.15, 0.2) is 0 Å². The van der Waals surface area contributed by atoms with E-state index in [4.69, 9.17) is 4.74 Å². The number of nitrogens with zero attached hydrogens (tertiary/aromatic N) is 1.